The molecule has 0 spiro atoms. The largest absolute Gasteiger partial charge is 0.393 e. The SMILES string of the molecule is [2H][C@@]12CC[C@H]3[C@@H]4CC[C@H](C(C)=O)[C@@]4(C)CC[C@@H]3[C@@]1(C)CC[C@H](O)C2.[2H][C@@]12CC[C@H]3[C@@H]4CC[C@]([2H])(C(C)=O)[C@@]4(C)CC[C@@H]3[C@@]1(C)CC[C@H](O)C2.[2H][C@]12CC[C@H]3[C@@H]4CC[C@H](C(C)=O)[C@@]4(C)CC[C@@H]3[C@@]1(C)CC[C@](C)(O)C2.[2H][C@]12CC[C@H]3[C@@H]4CC[C@]([2H])(C(C)=O)[C@@]4(C)CC[C@@H]3[C@@]1(C)CC[C@H](O)C2.[2H][C@]12CC[C@H]3[C@@H]4CC[C@]([2H])(C(C)=O)[C@@]4(C)CC[C@@H]3[C@@]1(C)CC[C@](C)(O)C2. The van der Waals surface area contributed by atoms with Crippen LogP contribution in [0.25, 0.3) is 0 Å². The molecule has 0 aromatic rings. The van der Waals surface area contributed by atoms with Gasteiger partial charge in [-0.1, -0.05) is 69.2 Å². The first kappa shape index (κ1) is 78.6. The molecule has 20 fully saturated rings. The Morgan fingerprint density at radius 2 is 0.444 bits per heavy atom. The van der Waals surface area contributed by atoms with E-state index >= 15 is 0 Å². The third-order valence-corrected chi connectivity index (χ3v) is 43.8. The van der Waals surface area contributed by atoms with Crippen LogP contribution in [0.2, 0.25) is 0 Å². The van der Waals surface area contributed by atoms with Crippen LogP contribution in [0.5, 0.6) is 0 Å². The van der Waals surface area contributed by atoms with Crippen molar-refractivity contribution in [1.82, 2.24) is 0 Å². The van der Waals surface area contributed by atoms with Crippen LogP contribution in [-0.2, 0) is 24.0 Å². The molecule has 0 saturated heterocycles. The maximum Gasteiger partial charge on any atom is 0.133 e. The highest BCUT2D eigenvalue weighted by molar-refractivity contribution is 5.81. The summed E-state index contributed by atoms with van der Waals surface area (Å²) >= 11 is 0. The number of fused-ring (bicyclic) bond motifs is 25. The number of hydrogen-bond acceptors (Lipinski definition) is 10. The molecule has 0 amide bonds. The zero-order valence-electron chi connectivity index (χ0n) is 85.1. The second-order valence-corrected chi connectivity index (χ2v) is 48.9. The molecule has 0 unspecified atom stereocenters. The van der Waals surface area contributed by atoms with Crippen molar-refractivity contribution < 1.29 is 60.5 Å². The van der Waals surface area contributed by atoms with Crippen molar-refractivity contribution in [2.24, 2.45) is 202 Å². The summed E-state index contributed by atoms with van der Waals surface area (Å²) in [6, 6.07) is 0. The molecule has 0 heterocycles. The van der Waals surface area contributed by atoms with Gasteiger partial charge in [-0.15, -0.1) is 0 Å². The summed E-state index contributed by atoms with van der Waals surface area (Å²) in [5.41, 5.74) is -1.50. The molecule has 40 atom stereocenters. The number of aliphatic hydroxyl groups is 5. The molecule has 0 bridgehead atoms. The molecule has 20 aliphatic carbocycles. The van der Waals surface area contributed by atoms with Crippen molar-refractivity contribution in [1.29, 1.82) is 0 Å². The van der Waals surface area contributed by atoms with Gasteiger partial charge in [0.25, 0.3) is 0 Å². The van der Waals surface area contributed by atoms with Gasteiger partial charge in [0, 0.05) is 40.5 Å². The molecule has 0 radical (unpaired) electrons. The normalized spacial score (nSPS) is 62.2. The standard InChI is InChI=1S/2C22H36O2.3C21H34O2/c2*1-14(23)17-7-8-18-16-6-5-15-13-20(2,24)11-12-21(15,3)19(16)9-10-22(17,18)4;3*1-13(22)17-6-7-18-16-5-4-14-12-15(23)8-10-20(14,2)19(16)9-11-21(17,18)3/h2*15-19,24H,5-13H2,1-4H3;3*14-19,23H,4-12H2,1-3H3/t2*15-,16+,17-,18+,19+,20+,21+,22-;14-,15+,16+,17-,18+,19+,20+,21-;2*14-,15-,16-,17+,18-,19-,20-,21+/m11100/s1/i15D,17D;15D;2*14D,17D;14D. The molecule has 10 nitrogen and oxygen atoms in total. The maximum atomic E-state index is 12.4. The van der Waals surface area contributed by atoms with E-state index in [-0.39, 0.29) is 102 Å². The van der Waals surface area contributed by atoms with Crippen molar-refractivity contribution in [3.05, 3.63) is 0 Å². The van der Waals surface area contributed by atoms with Crippen LogP contribution >= 0.6 is 0 Å². The van der Waals surface area contributed by atoms with Gasteiger partial charge in [0.05, 0.1) is 29.5 Å². The summed E-state index contributed by atoms with van der Waals surface area (Å²) in [4.78, 5) is 61.4. The van der Waals surface area contributed by atoms with E-state index in [0.29, 0.717) is 152 Å². The van der Waals surface area contributed by atoms with E-state index in [0.717, 1.165) is 212 Å². The molecular weight excluding hydrogens is 1450 g/mol. The van der Waals surface area contributed by atoms with E-state index < -0.39 is 58.4 Å². The number of aliphatic hydroxyl groups excluding tert-OH is 3. The average Bonchev–Trinajstić information content (AvgIpc) is 1.61. The van der Waals surface area contributed by atoms with E-state index in [9.17, 15) is 52.2 Å². The highest BCUT2D eigenvalue weighted by Crippen LogP contribution is 2.75. The second kappa shape index (κ2) is 31.9. The van der Waals surface area contributed by atoms with E-state index in [2.05, 4.69) is 69.2 Å². The molecule has 10 heteroatoms. The molecule has 117 heavy (non-hydrogen) atoms. The van der Waals surface area contributed by atoms with Gasteiger partial charge in [0.15, 0.2) is 0 Å². The molecular formula is C107H174O10. The highest BCUT2D eigenvalue weighted by atomic mass is 16.3. The fourth-order valence-electron chi connectivity index (χ4n) is 37.5. The lowest BCUT2D eigenvalue weighted by Crippen LogP contribution is -2.55. The highest BCUT2D eigenvalue weighted by Gasteiger charge is 2.68. The Hall–Kier alpha value is -1.85. The summed E-state index contributed by atoms with van der Waals surface area (Å²) in [6.45, 7) is 35.4. The number of carbonyl (C=O) groups excluding carboxylic acids is 5. The van der Waals surface area contributed by atoms with Gasteiger partial charge < -0.3 is 25.5 Å². The smallest absolute Gasteiger partial charge is 0.133 e. The van der Waals surface area contributed by atoms with Gasteiger partial charge in [-0.25, -0.2) is 0 Å². The molecule has 20 saturated carbocycles. The van der Waals surface area contributed by atoms with Gasteiger partial charge in [-0.05, 0) is 510 Å². The minimum absolute atomic E-state index is 0.0139. The second-order valence-electron chi connectivity index (χ2n) is 48.9. The van der Waals surface area contributed by atoms with Crippen LogP contribution in [0.3, 0.4) is 0 Å². The molecule has 0 aliphatic heterocycles. The van der Waals surface area contributed by atoms with E-state index in [1.165, 1.54) is 25.7 Å². The molecule has 20 aliphatic rings. The van der Waals surface area contributed by atoms with Crippen molar-refractivity contribution in [3.8, 4) is 0 Å². The lowest BCUT2D eigenvalue weighted by atomic mass is 9.44. The summed E-state index contributed by atoms with van der Waals surface area (Å²) in [5.74, 6) is 4.94. The zero-order chi connectivity index (χ0) is 91.3. The molecule has 0 aromatic heterocycles. The molecule has 5 N–H and O–H groups in total. The lowest BCUT2D eigenvalue weighted by Gasteiger charge is -2.61. The van der Waals surface area contributed by atoms with E-state index in [1.54, 1.807) is 34.6 Å². The van der Waals surface area contributed by atoms with Crippen LogP contribution in [0, 0.1) is 202 Å². The fraction of sp³-hybridized carbons (Fsp3) is 0.953. The third-order valence-electron chi connectivity index (χ3n) is 43.8. The molecule has 20 rings (SSSR count). The summed E-state index contributed by atoms with van der Waals surface area (Å²) in [6.07, 6.45) is 41.6. The number of hydrogen-bond donors (Lipinski definition) is 5. The van der Waals surface area contributed by atoms with Gasteiger partial charge in [0.1, 0.15) is 28.9 Å². The minimum atomic E-state index is -0.907. The van der Waals surface area contributed by atoms with Crippen LogP contribution < -0.4 is 0 Å². The lowest BCUT2D eigenvalue weighted by molar-refractivity contribution is -0.150. The summed E-state index contributed by atoms with van der Waals surface area (Å²) < 4.78 is 72.9. The first-order valence-corrected chi connectivity index (χ1v) is 49.8. The minimum Gasteiger partial charge on any atom is -0.393 e. The number of ketones is 5. The Morgan fingerprint density at radius 3 is 0.701 bits per heavy atom. The zero-order valence-corrected chi connectivity index (χ0v) is 77.1. The Morgan fingerprint density at radius 1 is 0.231 bits per heavy atom. The van der Waals surface area contributed by atoms with Crippen LogP contribution in [0.4, 0.5) is 0 Å². The fourth-order valence-corrected chi connectivity index (χ4v) is 37.5. The van der Waals surface area contributed by atoms with Gasteiger partial charge in [0.2, 0.25) is 0 Å². The topological polar surface area (TPSA) is 186 Å². The van der Waals surface area contributed by atoms with E-state index in [4.69, 9.17) is 8.22 Å². The predicted molar refractivity (Wildman–Crippen MR) is 469 cm³/mol. The van der Waals surface area contributed by atoms with Crippen LogP contribution in [0.1, 0.15) is 418 Å². The first-order chi connectivity index (χ1) is 57.8. The van der Waals surface area contributed by atoms with E-state index in [1.807, 2.05) is 13.8 Å². The van der Waals surface area contributed by atoms with Crippen molar-refractivity contribution in [2.75, 3.05) is 0 Å². The van der Waals surface area contributed by atoms with Gasteiger partial charge in [-0.3, -0.25) is 24.0 Å². The average molecular weight is 1630 g/mol. The summed E-state index contributed by atoms with van der Waals surface area (Å²) in [5, 5.41) is 51.7. The first-order valence-electron chi connectivity index (χ1n) is 53.8. The Kier molecular flexibility index (Phi) is 21.4. The maximum absolute atomic E-state index is 12.4. The Balaban J connectivity index is 0.000000115. The van der Waals surface area contributed by atoms with Crippen molar-refractivity contribution in [3.63, 3.8) is 0 Å². The van der Waals surface area contributed by atoms with Crippen molar-refractivity contribution >= 4 is 28.9 Å². The third kappa shape index (κ3) is 14.7. The summed E-state index contributed by atoms with van der Waals surface area (Å²) in [7, 11) is 0. The Bertz CT molecular complexity index is 4040. The molecule has 0 aromatic carbocycles. The molecule has 662 valence electrons. The van der Waals surface area contributed by atoms with Gasteiger partial charge in [-0.2, -0.15) is 0 Å². The van der Waals surface area contributed by atoms with Gasteiger partial charge >= 0.3 is 0 Å². The quantitative estimate of drug-likeness (QED) is 0.177. The number of rotatable bonds is 5. The van der Waals surface area contributed by atoms with Crippen LogP contribution in [0.15, 0.2) is 0 Å². The Labute approximate surface area is 723 Å². The number of Topliss-reactive ketones (excluding diaryl/α,β-unsaturated/α-hetero) is 5. The number of carbonyl (C=O) groups is 5. The van der Waals surface area contributed by atoms with Crippen molar-refractivity contribution in [2.45, 2.75) is 436 Å². The predicted octanol–water partition coefficient (Wildman–Crippen LogP) is 23.8. The van der Waals surface area contributed by atoms with Crippen LogP contribution in [-0.4, -0.2) is 84.0 Å². The monoisotopic (exact) mass is 1630 g/mol.